The van der Waals surface area contributed by atoms with E-state index in [-0.39, 0.29) is 5.91 Å². The van der Waals surface area contributed by atoms with Crippen LogP contribution in [0.25, 0.3) is 0 Å². The van der Waals surface area contributed by atoms with Gasteiger partial charge in [0.15, 0.2) is 0 Å². The number of rotatable bonds is 2. The van der Waals surface area contributed by atoms with Gasteiger partial charge in [0.05, 0.1) is 4.34 Å². The molecule has 110 valence electrons. The maximum absolute atomic E-state index is 12.6. The third-order valence-electron chi connectivity index (χ3n) is 3.42. The lowest BCUT2D eigenvalue weighted by Gasteiger charge is -2.26. The van der Waals surface area contributed by atoms with E-state index < -0.39 is 0 Å². The fourth-order valence-electron chi connectivity index (χ4n) is 2.42. The summed E-state index contributed by atoms with van der Waals surface area (Å²) in [5, 5.41) is 2.88. The molecule has 0 atom stereocenters. The minimum absolute atomic E-state index is 0.0648. The molecule has 1 aliphatic heterocycles. The molecular formula is C14H15ClN4OS. The first kappa shape index (κ1) is 14.3. The number of aromatic nitrogens is 2. The van der Waals surface area contributed by atoms with Gasteiger partial charge >= 0.3 is 0 Å². The molecule has 0 spiro atoms. The van der Waals surface area contributed by atoms with Crippen molar-refractivity contribution >= 4 is 34.8 Å². The van der Waals surface area contributed by atoms with Crippen molar-refractivity contribution in [2.75, 3.05) is 18.9 Å². The number of amides is 1. The first-order valence-electron chi connectivity index (χ1n) is 6.66. The molecule has 0 saturated carbocycles. The minimum atomic E-state index is -0.0648. The van der Waals surface area contributed by atoms with Gasteiger partial charge in [-0.05, 0) is 31.0 Å². The summed E-state index contributed by atoms with van der Waals surface area (Å²) in [6, 6.07) is 3.67. The first-order chi connectivity index (χ1) is 10.1. The molecule has 3 heterocycles. The number of fused-ring (bicyclic) bond motifs is 1. The Balaban J connectivity index is 1.85. The maximum atomic E-state index is 12.6. The highest BCUT2D eigenvalue weighted by Gasteiger charge is 2.24. The number of carbonyl (C=O) groups excluding carboxylic acids is 1. The Bertz CT molecular complexity index is 700. The smallest absolute Gasteiger partial charge is 0.272 e. The number of aryl methyl sites for hydroxylation is 1. The number of hydrogen-bond donors (Lipinski definition) is 1. The highest BCUT2D eigenvalue weighted by atomic mass is 35.5. The van der Waals surface area contributed by atoms with Crippen molar-refractivity contribution in [2.45, 2.75) is 19.9 Å². The van der Waals surface area contributed by atoms with Crippen molar-refractivity contribution in [3.63, 3.8) is 0 Å². The number of nitrogens with one attached hydrogen (secondary N) is 1. The molecule has 0 saturated heterocycles. The standard InChI is InChI=1S/C14H15ClN4OS/c1-8-5-10(18-14(16-2)17-8)13(20)19-4-3-11-9(7-19)6-12(15)21-11/h5-6H,3-4,7H2,1-2H3,(H,16,17,18). The third-order valence-corrected chi connectivity index (χ3v) is 4.79. The summed E-state index contributed by atoms with van der Waals surface area (Å²) in [6.45, 7) is 3.14. The van der Waals surface area contributed by atoms with Gasteiger partial charge in [-0.3, -0.25) is 4.79 Å². The van der Waals surface area contributed by atoms with Gasteiger partial charge in [-0.25, -0.2) is 9.97 Å². The Morgan fingerprint density at radius 1 is 1.43 bits per heavy atom. The van der Waals surface area contributed by atoms with Crippen LogP contribution in [0.15, 0.2) is 12.1 Å². The predicted molar refractivity (Wildman–Crippen MR) is 84.1 cm³/mol. The van der Waals surface area contributed by atoms with E-state index in [0.717, 1.165) is 22.0 Å². The van der Waals surface area contributed by atoms with Crippen molar-refractivity contribution < 1.29 is 4.79 Å². The largest absolute Gasteiger partial charge is 0.357 e. The Labute approximate surface area is 132 Å². The van der Waals surface area contributed by atoms with Gasteiger partial charge in [-0.15, -0.1) is 11.3 Å². The van der Waals surface area contributed by atoms with Gasteiger partial charge in [-0.1, -0.05) is 11.6 Å². The van der Waals surface area contributed by atoms with E-state index in [4.69, 9.17) is 11.6 Å². The molecule has 2 aromatic rings. The lowest BCUT2D eigenvalue weighted by molar-refractivity contribution is 0.0729. The molecule has 1 aliphatic rings. The van der Waals surface area contributed by atoms with Gasteiger partial charge in [0.1, 0.15) is 5.69 Å². The zero-order chi connectivity index (χ0) is 15.0. The molecule has 1 amide bonds. The van der Waals surface area contributed by atoms with Crippen molar-refractivity contribution in [1.82, 2.24) is 14.9 Å². The molecule has 0 fully saturated rings. The SMILES string of the molecule is CNc1nc(C)cc(C(=O)N2CCc3sc(Cl)cc3C2)n1. The van der Waals surface area contributed by atoms with E-state index in [1.807, 2.05) is 17.9 Å². The van der Waals surface area contributed by atoms with E-state index in [1.165, 1.54) is 4.88 Å². The molecule has 1 N–H and O–H groups in total. The zero-order valence-electron chi connectivity index (χ0n) is 11.8. The van der Waals surface area contributed by atoms with Crippen LogP contribution in [0.1, 0.15) is 26.6 Å². The van der Waals surface area contributed by atoms with Crippen LogP contribution < -0.4 is 5.32 Å². The lowest BCUT2D eigenvalue weighted by atomic mass is 10.1. The van der Waals surface area contributed by atoms with E-state index in [9.17, 15) is 4.79 Å². The first-order valence-corrected chi connectivity index (χ1v) is 7.86. The highest BCUT2D eigenvalue weighted by Crippen LogP contribution is 2.31. The fourth-order valence-corrected chi connectivity index (χ4v) is 3.72. The van der Waals surface area contributed by atoms with E-state index in [2.05, 4.69) is 15.3 Å². The third kappa shape index (κ3) is 2.87. The Morgan fingerprint density at radius 3 is 3.00 bits per heavy atom. The molecule has 5 nitrogen and oxygen atoms in total. The summed E-state index contributed by atoms with van der Waals surface area (Å²) in [7, 11) is 1.74. The molecule has 0 aromatic carbocycles. The monoisotopic (exact) mass is 322 g/mol. The number of nitrogens with zero attached hydrogens (tertiary/aromatic N) is 3. The fraction of sp³-hybridized carbons (Fsp3) is 0.357. The van der Waals surface area contributed by atoms with Crippen molar-refractivity contribution in [3.8, 4) is 0 Å². The summed E-state index contributed by atoms with van der Waals surface area (Å²) >= 11 is 7.64. The van der Waals surface area contributed by atoms with E-state index in [1.54, 1.807) is 24.5 Å². The maximum Gasteiger partial charge on any atom is 0.272 e. The molecule has 21 heavy (non-hydrogen) atoms. The molecule has 3 rings (SSSR count). The molecule has 2 aromatic heterocycles. The van der Waals surface area contributed by atoms with Gasteiger partial charge in [0.2, 0.25) is 5.95 Å². The van der Waals surface area contributed by atoms with Gasteiger partial charge < -0.3 is 10.2 Å². The van der Waals surface area contributed by atoms with E-state index in [0.29, 0.717) is 24.7 Å². The number of hydrogen-bond acceptors (Lipinski definition) is 5. The molecule has 0 radical (unpaired) electrons. The van der Waals surface area contributed by atoms with Crippen LogP contribution in [0, 0.1) is 6.92 Å². The zero-order valence-corrected chi connectivity index (χ0v) is 13.4. The summed E-state index contributed by atoms with van der Waals surface area (Å²) in [6.07, 6.45) is 0.849. The number of anilines is 1. The number of halogens is 1. The number of thiophene rings is 1. The summed E-state index contributed by atoms with van der Waals surface area (Å²) in [5.74, 6) is 0.402. The highest BCUT2D eigenvalue weighted by molar-refractivity contribution is 7.16. The molecule has 0 unspecified atom stereocenters. The summed E-state index contributed by atoms with van der Waals surface area (Å²) in [5.41, 5.74) is 2.34. The van der Waals surface area contributed by atoms with Gasteiger partial charge in [-0.2, -0.15) is 0 Å². The van der Waals surface area contributed by atoms with Crippen molar-refractivity contribution in [2.24, 2.45) is 0 Å². The lowest BCUT2D eigenvalue weighted by Crippen LogP contribution is -2.36. The van der Waals surface area contributed by atoms with Crippen LogP contribution in [-0.4, -0.2) is 34.4 Å². The number of carbonyl (C=O) groups is 1. The molecular weight excluding hydrogens is 308 g/mol. The van der Waals surface area contributed by atoms with Gasteiger partial charge in [0, 0.05) is 30.7 Å². The summed E-state index contributed by atoms with van der Waals surface area (Å²) < 4.78 is 0.782. The minimum Gasteiger partial charge on any atom is -0.357 e. The van der Waals surface area contributed by atoms with Crippen molar-refractivity contribution in [3.05, 3.63) is 38.3 Å². The van der Waals surface area contributed by atoms with Crippen LogP contribution in [0.4, 0.5) is 5.95 Å². The van der Waals surface area contributed by atoms with Crippen LogP contribution in [0.2, 0.25) is 4.34 Å². The Hall–Kier alpha value is -1.66. The van der Waals surface area contributed by atoms with E-state index >= 15 is 0 Å². The predicted octanol–water partition coefficient (Wildman–Crippen LogP) is 2.74. The van der Waals surface area contributed by atoms with Crippen LogP contribution in [-0.2, 0) is 13.0 Å². The Kier molecular flexibility index (Phi) is 3.82. The van der Waals surface area contributed by atoms with Crippen LogP contribution >= 0.6 is 22.9 Å². The molecule has 0 aliphatic carbocycles. The normalized spacial score (nSPS) is 14.0. The van der Waals surface area contributed by atoms with Crippen LogP contribution in [0.3, 0.4) is 0 Å². The second-order valence-electron chi connectivity index (χ2n) is 4.94. The average molecular weight is 323 g/mol. The second-order valence-corrected chi connectivity index (χ2v) is 6.71. The van der Waals surface area contributed by atoms with Crippen LogP contribution in [0.5, 0.6) is 0 Å². The second kappa shape index (κ2) is 5.61. The molecule has 7 heteroatoms. The Morgan fingerprint density at radius 2 is 2.24 bits per heavy atom. The quantitative estimate of drug-likeness (QED) is 0.923. The summed E-state index contributed by atoms with van der Waals surface area (Å²) in [4.78, 5) is 24.2. The topological polar surface area (TPSA) is 58.1 Å². The van der Waals surface area contributed by atoms with Gasteiger partial charge in [0.25, 0.3) is 5.91 Å². The average Bonchev–Trinajstić information content (AvgIpc) is 2.84. The molecule has 0 bridgehead atoms. The van der Waals surface area contributed by atoms with Crippen molar-refractivity contribution in [1.29, 1.82) is 0 Å².